The number of para-hydroxylation sites is 1. The highest BCUT2D eigenvalue weighted by Crippen LogP contribution is 2.22. The van der Waals surface area contributed by atoms with E-state index >= 15 is 0 Å². The standard InChI is InChI=1S/C20H17ClN4O2/c1-12-7-8-13(20(27)25-15-5-3-2-4-6-15)9-14(12)10-16(26)18-17(21)19(22)24-11-23-18/h2-9,11H,10H2,1H3,(H,25,27)(H2,22,23,24). The fourth-order valence-electron chi connectivity index (χ4n) is 2.56. The van der Waals surface area contributed by atoms with Crippen LogP contribution in [0.1, 0.15) is 32.0 Å². The number of carbonyl (C=O) groups excluding carboxylic acids is 2. The molecule has 3 rings (SSSR count). The summed E-state index contributed by atoms with van der Waals surface area (Å²) >= 11 is 6.03. The maximum absolute atomic E-state index is 12.6. The zero-order valence-corrected chi connectivity index (χ0v) is 15.3. The van der Waals surface area contributed by atoms with E-state index in [0.29, 0.717) is 16.8 Å². The molecule has 0 saturated carbocycles. The van der Waals surface area contributed by atoms with E-state index in [1.807, 2.05) is 25.1 Å². The van der Waals surface area contributed by atoms with E-state index in [-0.39, 0.29) is 34.6 Å². The van der Waals surface area contributed by atoms with Gasteiger partial charge in [0.1, 0.15) is 22.9 Å². The van der Waals surface area contributed by atoms with Crippen LogP contribution in [0.15, 0.2) is 54.9 Å². The van der Waals surface area contributed by atoms with Gasteiger partial charge in [0.05, 0.1) is 0 Å². The van der Waals surface area contributed by atoms with Crippen LogP contribution in [0.2, 0.25) is 5.02 Å². The van der Waals surface area contributed by atoms with Gasteiger partial charge < -0.3 is 11.1 Å². The Morgan fingerprint density at radius 2 is 1.85 bits per heavy atom. The number of amides is 1. The van der Waals surface area contributed by atoms with E-state index in [4.69, 9.17) is 17.3 Å². The van der Waals surface area contributed by atoms with Crippen LogP contribution >= 0.6 is 11.6 Å². The van der Waals surface area contributed by atoms with Crippen molar-refractivity contribution in [3.05, 3.63) is 82.3 Å². The van der Waals surface area contributed by atoms with Crippen molar-refractivity contribution in [2.24, 2.45) is 0 Å². The van der Waals surface area contributed by atoms with Gasteiger partial charge in [-0.1, -0.05) is 35.9 Å². The van der Waals surface area contributed by atoms with Gasteiger partial charge in [-0.3, -0.25) is 9.59 Å². The van der Waals surface area contributed by atoms with E-state index < -0.39 is 0 Å². The Hall–Kier alpha value is -3.25. The maximum Gasteiger partial charge on any atom is 0.255 e. The van der Waals surface area contributed by atoms with Gasteiger partial charge in [0.15, 0.2) is 5.78 Å². The molecule has 7 heteroatoms. The van der Waals surface area contributed by atoms with E-state index in [9.17, 15) is 9.59 Å². The van der Waals surface area contributed by atoms with Crippen molar-refractivity contribution in [1.82, 2.24) is 9.97 Å². The molecule has 0 bridgehead atoms. The largest absolute Gasteiger partial charge is 0.382 e. The number of rotatable bonds is 5. The minimum Gasteiger partial charge on any atom is -0.382 e. The highest BCUT2D eigenvalue weighted by molar-refractivity contribution is 6.35. The Kier molecular flexibility index (Phi) is 5.47. The molecule has 1 aromatic heterocycles. The summed E-state index contributed by atoms with van der Waals surface area (Å²) in [5.74, 6) is -0.486. The fraction of sp³-hybridized carbons (Fsp3) is 0.100. The average Bonchev–Trinajstić information content (AvgIpc) is 2.66. The SMILES string of the molecule is Cc1ccc(C(=O)Nc2ccccc2)cc1CC(=O)c1ncnc(N)c1Cl. The van der Waals surface area contributed by atoms with Gasteiger partial charge in [0.2, 0.25) is 0 Å². The van der Waals surface area contributed by atoms with E-state index in [2.05, 4.69) is 15.3 Å². The van der Waals surface area contributed by atoms with Crippen molar-refractivity contribution < 1.29 is 9.59 Å². The second-order valence-corrected chi connectivity index (χ2v) is 6.36. The molecule has 0 spiro atoms. The van der Waals surface area contributed by atoms with Gasteiger partial charge in [0, 0.05) is 17.7 Å². The normalized spacial score (nSPS) is 10.4. The summed E-state index contributed by atoms with van der Waals surface area (Å²) in [6.45, 7) is 1.87. The van der Waals surface area contributed by atoms with Crippen LogP contribution in [0.25, 0.3) is 0 Å². The number of nitrogens with two attached hydrogens (primary N) is 1. The second kappa shape index (κ2) is 7.97. The molecule has 136 valence electrons. The maximum atomic E-state index is 12.6. The highest BCUT2D eigenvalue weighted by Gasteiger charge is 2.17. The van der Waals surface area contributed by atoms with Crippen LogP contribution in [0.4, 0.5) is 11.5 Å². The first kappa shape index (κ1) is 18.5. The zero-order chi connectivity index (χ0) is 19.4. The van der Waals surface area contributed by atoms with E-state index in [0.717, 1.165) is 5.56 Å². The number of carbonyl (C=O) groups is 2. The van der Waals surface area contributed by atoms with Crippen molar-refractivity contribution in [2.75, 3.05) is 11.1 Å². The number of aromatic nitrogens is 2. The second-order valence-electron chi connectivity index (χ2n) is 5.98. The molecule has 3 aromatic rings. The molecular weight excluding hydrogens is 364 g/mol. The zero-order valence-electron chi connectivity index (χ0n) is 14.6. The van der Waals surface area contributed by atoms with Gasteiger partial charge in [-0.25, -0.2) is 9.97 Å². The quantitative estimate of drug-likeness (QED) is 0.657. The minimum atomic E-state index is -0.294. The molecule has 27 heavy (non-hydrogen) atoms. The molecule has 0 aliphatic carbocycles. The molecule has 0 radical (unpaired) electrons. The molecule has 0 atom stereocenters. The monoisotopic (exact) mass is 380 g/mol. The average molecular weight is 381 g/mol. The van der Waals surface area contributed by atoms with Gasteiger partial charge in [-0.05, 0) is 42.3 Å². The predicted molar refractivity (Wildman–Crippen MR) is 105 cm³/mol. The molecule has 0 aliphatic heterocycles. The third-order valence-corrected chi connectivity index (χ3v) is 4.45. The van der Waals surface area contributed by atoms with Crippen molar-refractivity contribution in [1.29, 1.82) is 0 Å². The summed E-state index contributed by atoms with van der Waals surface area (Å²) in [5, 5.41) is 2.86. The molecule has 0 fully saturated rings. The lowest BCUT2D eigenvalue weighted by atomic mass is 9.99. The third kappa shape index (κ3) is 4.30. The van der Waals surface area contributed by atoms with Gasteiger partial charge in [-0.2, -0.15) is 0 Å². The Balaban J connectivity index is 1.82. The molecule has 0 saturated heterocycles. The number of Topliss-reactive ketones (excluding diaryl/α,β-unsaturated/α-hetero) is 1. The number of nitrogen functional groups attached to an aromatic ring is 1. The number of aryl methyl sites for hydroxylation is 1. The Morgan fingerprint density at radius 1 is 1.11 bits per heavy atom. The number of halogens is 1. The topological polar surface area (TPSA) is 98.0 Å². The first-order valence-electron chi connectivity index (χ1n) is 8.21. The number of nitrogens with zero attached hydrogens (tertiary/aromatic N) is 2. The van der Waals surface area contributed by atoms with Crippen molar-refractivity contribution in [2.45, 2.75) is 13.3 Å². The minimum absolute atomic E-state index is 0.0399. The van der Waals surface area contributed by atoms with Gasteiger partial charge in [0.25, 0.3) is 5.91 Å². The van der Waals surface area contributed by atoms with Crippen molar-refractivity contribution in [3.8, 4) is 0 Å². The van der Waals surface area contributed by atoms with E-state index in [1.54, 1.807) is 30.3 Å². The first-order valence-corrected chi connectivity index (χ1v) is 8.58. The van der Waals surface area contributed by atoms with Crippen LogP contribution in [0, 0.1) is 6.92 Å². The van der Waals surface area contributed by atoms with Crippen molar-refractivity contribution in [3.63, 3.8) is 0 Å². The summed E-state index contributed by atoms with van der Waals surface area (Å²) in [5.41, 5.74) is 8.46. The lowest BCUT2D eigenvalue weighted by Gasteiger charge is -2.10. The molecule has 0 unspecified atom stereocenters. The van der Waals surface area contributed by atoms with Crippen LogP contribution in [-0.4, -0.2) is 21.7 Å². The summed E-state index contributed by atoms with van der Waals surface area (Å²) in [7, 11) is 0. The van der Waals surface area contributed by atoms with Crippen LogP contribution in [0.3, 0.4) is 0 Å². The van der Waals surface area contributed by atoms with Gasteiger partial charge >= 0.3 is 0 Å². The molecule has 0 aliphatic rings. The Bertz CT molecular complexity index is 1010. The van der Waals surface area contributed by atoms with Crippen molar-refractivity contribution >= 4 is 34.8 Å². The summed E-state index contributed by atoms with van der Waals surface area (Å²) < 4.78 is 0. The van der Waals surface area contributed by atoms with Gasteiger partial charge in [-0.15, -0.1) is 0 Å². The number of hydrogen-bond donors (Lipinski definition) is 2. The number of nitrogens with one attached hydrogen (secondary N) is 1. The Labute approximate surface area is 161 Å². The predicted octanol–water partition coefficient (Wildman–Crippen LogP) is 3.70. The fourth-order valence-corrected chi connectivity index (χ4v) is 2.77. The lowest BCUT2D eigenvalue weighted by molar-refractivity contribution is 0.0984. The molecule has 1 heterocycles. The summed E-state index contributed by atoms with van der Waals surface area (Å²) in [6.07, 6.45) is 1.25. The van der Waals surface area contributed by atoms with Crippen LogP contribution in [-0.2, 0) is 6.42 Å². The van der Waals surface area contributed by atoms with Crippen LogP contribution in [0.5, 0.6) is 0 Å². The summed E-state index contributed by atoms with van der Waals surface area (Å²) in [6, 6.07) is 14.4. The smallest absolute Gasteiger partial charge is 0.255 e. The molecule has 3 N–H and O–H groups in total. The highest BCUT2D eigenvalue weighted by atomic mass is 35.5. The molecule has 2 aromatic carbocycles. The molecular formula is C20H17ClN4O2. The molecule has 6 nitrogen and oxygen atoms in total. The van der Waals surface area contributed by atoms with Crippen LogP contribution < -0.4 is 11.1 Å². The Morgan fingerprint density at radius 3 is 2.59 bits per heavy atom. The molecule has 1 amide bonds. The third-order valence-electron chi connectivity index (χ3n) is 4.07. The van der Waals surface area contributed by atoms with E-state index in [1.165, 1.54) is 6.33 Å². The number of benzene rings is 2. The summed E-state index contributed by atoms with van der Waals surface area (Å²) in [4.78, 5) is 32.7. The number of hydrogen-bond acceptors (Lipinski definition) is 5. The lowest BCUT2D eigenvalue weighted by Crippen LogP contribution is -2.14. The first-order chi connectivity index (χ1) is 13.0. The number of anilines is 2. The number of ketones is 1.